The van der Waals surface area contributed by atoms with Crippen LogP contribution < -0.4 is 0 Å². The lowest BCUT2D eigenvalue weighted by molar-refractivity contribution is 0.496. The van der Waals surface area contributed by atoms with Crippen LogP contribution in [-0.4, -0.2) is 5.54 Å². The van der Waals surface area contributed by atoms with E-state index in [1.54, 1.807) is 0 Å². The van der Waals surface area contributed by atoms with E-state index in [9.17, 15) is 0 Å². The molecule has 0 bridgehead atoms. The van der Waals surface area contributed by atoms with Gasteiger partial charge in [0.25, 0.3) is 0 Å². The Balaban J connectivity index is 3.19. The Bertz CT molecular complexity index is 198. The highest BCUT2D eigenvalue weighted by molar-refractivity contribution is 4.88. The summed E-state index contributed by atoms with van der Waals surface area (Å²) < 4.78 is 0. The summed E-state index contributed by atoms with van der Waals surface area (Å²) >= 11 is 0. The molecular formula is C14H25N. The van der Waals surface area contributed by atoms with E-state index in [-0.39, 0.29) is 5.54 Å². The van der Waals surface area contributed by atoms with Crippen molar-refractivity contribution in [2.24, 2.45) is 0 Å². The molecule has 0 heterocycles. The second-order valence-corrected chi connectivity index (χ2v) is 4.87. The molecule has 0 amide bonds. The number of hydrogen-bond donors (Lipinski definition) is 0. The first-order valence-corrected chi connectivity index (χ1v) is 6.12. The van der Waals surface area contributed by atoms with E-state index >= 15 is 0 Å². The zero-order valence-electron chi connectivity index (χ0n) is 10.4. The molecule has 1 nitrogen and oxygen atoms in total. The largest absolute Gasteiger partial charge is 0.311 e. The summed E-state index contributed by atoms with van der Waals surface area (Å²) in [5.41, 5.74) is -0.136. The van der Waals surface area contributed by atoms with E-state index in [0.29, 0.717) is 0 Å². The minimum atomic E-state index is -0.136. The summed E-state index contributed by atoms with van der Waals surface area (Å²) in [6.07, 6.45) is 12.0. The number of hydrogen-bond acceptors (Lipinski definition) is 0. The van der Waals surface area contributed by atoms with Crippen LogP contribution in [0.4, 0.5) is 0 Å². The van der Waals surface area contributed by atoms with E-state index < -0.39 is 0 Å². The third-order valence-electron chi connectivity index (χ3n) is 2.75. The first-order valence-electron chi connectivity index (χ1n) is 6.12. The van der Waals surface area contributed by atoms with Gasteiger partial charge in [0.15, 0.2) is 0 Å². The monoisotopic (exact) mass is 207 g/mol. The Morgan fingerprint density at radius 2 is 1.60 bits per heavy atom. The van der Waals surface area contributed by atoms with Crippen molar-refractivity contribution in [2.45, 2.75) is 70.8 Å². The first-order chi connectivity index (χ1) is 7.12. The summed E-state index contributed by atoms with van der Waals surface area (Å²) in [7, 11) is 0. The second kappa shape index (κ2) is 8.53. The first kappa shape index (κ1) is 14.2. The third kappa shape index (κ3) is 9.53. The fourth-order valence-corrected chi connectivity index (χ4v) is 1.61. The molecule has 0 radical (unpaired) electrons. The van der Waals surface area contributed by atoms with Crippen molar-refractivity contribution in [3.8, 4) is 0 Å². The van der Waals surface area contributed by atoms with E-state index in [2.05, 4.69) is 11.4 Å². The van der Waals surface area contributed by atoms with Crippen molar-refractivity contribution in [1.29, 1.82) is 0 Å². The van der Waals surface area contributed by atoms with Crippen molar-refractivity contribution in [2.75, 3.05) is 0 Å². The van der Waals surface area contributed by atoms with Gasteiger partial charge < -0.3 is 4.85 Å². The van der Waals surface area contributed by atoms with Gasteiger partial charge in [-0.25, -0.2) is 6.57 Å². The molecule has 1 heteroatoms. The molecule has 0 fully saturated rings. The van der Waals surface area contributed by atoms with Gasteiger partial charge in [0.05, 0.1) is 0 Å². The summed E-state index contributed by atoms with van der Waals surface area (Å²) in [5, 5.41) is 0. The summed E-state index contributed by atoms with van der Waals surface area (Å²) in [6, 6.07) is 0. The highest BCUT2D eigenvalue weighted by atomic mass is 14.8. The number of nitrogens with zero attached hydrogens (tertiary/aromatic N) is 1. The van der Waals surface area contributed by atoms with Gasteiger partial charge in [-0.2, -0.15) is 0 Å². The molecule has 0 aromatic rings. The Morgan fingerprint density at radius 3 is 2.13 bits per heavy atom. The second-order valence-electron chi connectivity index (χ2n) is 4.87. The van der Waals surface area contributed by atoms with Crippen LogP contribution in [0, 0.1) is 6.57 Å². The minimum absolute atomic E-state index is 0.136. The summed E-state index contributed by atoms with van der Waals surface area (Å²) in [6.45, 7) is 14.8. The van der Waals surface area contributed by atoms with Gasteiger partial charge in [-0.15, -0.1) is 6.58 Å². The molecule has 0 aromatic carbocycles. The molecule has 0 N–H and O–H groups in total. The maximum absolute atomic E-state index is 7.01. The normalized spacial score (nSPS) is 11.0. The molecule has 0 aliphatic carbocycles. The lowest BCUT2D eigenvalue weighted by atomic mass is 9.97. The van der Waals surface area contributed by atoms with E-state index in [1.165, 1.54) is 38.5 Å². The molecule has 0 aromatic heterocycles. The van der Waals surface area contributed by atoms with Crippen LogP contribution in [0.15, 0.2) is 12.7 Å². The van der Waals surface area contributed by atoms with Crippen LogP contribution in [0.2, 0.25) is 0 Å². The van der Waals surface area contributed by atoms with Crippen LogP contribution in [-0.2, 0) is 0 Å². The number of rotatable bonds is 9. The predicted molar refractivity (Wildman–Crippen MR) is 67.8 cm³/mol. The van der Waals surface area contributed by atoms with Crippen LogP contribution >= 0.6 is 0 Å². The molecule has 0 atom stereocenters. The molecule has 0 aliphatic heterocycles. The molecule has 15 heavy (non-hydrogen) atoms. The number of unbranched alkanes of at least 4 members (excludes halogenated alkanes) is 6. The molecule has 86 valence electrons. The van der Waals surface area contributed by atoms with E-state index in [1.807, 2.05) is 19.9 Å². The van der Waals surface area contributed by atoms with E-state index in [4.69, 9.17) is 6.57 Å². The van der Waals surface area contributed by atoms with Gasteiger partial charge >= 0.3 is 0 Å². The number of allylic oxidation sites excluding steroid dienone is 1. The van der Waals surface area contributed by atoms with Crippen molar-refractivity contribution in [1.82, 2.24) is 0 Å². The molecule has 0 saturated heterocycles. The molecular weight excluding hydrogens is 182 g/mol. The standard InChI is InChI=1S/C14H25N/c1-5-6-7-8-9-10-11-12-13-14(2,3)15-4/h5H,1,6-13H2,2-3H3. The molecule has 0 unspecified atom stereocenters. The van der Waals surface area contributed by atoms with Gasteiger partial charge in [-0.1, -0.05) is 31.8 Å². The molecule has 0 rings (SSSR count). The Hall–Kier alpha value is -0.770. The summed E-state index contributed by atoms with van der Waals surface area (Å²) in [4.78, 5) is 3.62. The highest BCUT2D eigenvalue weighted by Gasteiger charge is 2.21. The maximum Gasteiger partial charge on any atom is 0.227 e. The lowest BCUT2D eigenvalue weighted by Gasteiger charge is -2.10. The van der Waals surface area contributed by atoms with Crippen molar-refractivity contribution < 1.29 is 0 Å². The van der Waals surface area contributed by atoms with Crippen molar-refractivity contribution in [3.63, 3.8) is 0 Å². The SMILES string of the molecule is [C-]#[N+]C(C)(C)CCCCCCCCC=C. The Labute approximate surface area is 95.4 Å². The average molecular weight is 207 g/mol. The fraction of sp³-hybridized carbons (Fsp3) is 0.786. The molecule has 0 aliphatic rings. The van der Waals surface area contributed by atoms with Gasteiger partial charge in [0.1, 0.15) is 0 Å². The maximum atomic E-state index is 7.01. The smallest absolute Gasteiger partial charge is 0.227 e. The Kier molecular flexibility index (Phi) is 8.09. The fourth-order valence-electron chi connectivity index (χ4n) is 1.61. The van der Waals surface area contributed by atoms with Crippen molar-refractivity contribution in [3.05, 3.63) is 24.1 Å². The molecule has 0 saturated carbocycles. The van der Waals surface area contributed by atoms with Crippen LogP contribution in [0.5, 0.6) is 0 Å². The highest BCUT2D eigenvalue weighted by Crippen LogP contribution is 2.19. The van der Waals surface area contributed by atoms with Gasteiger partial charge in [0.2, 0.25) is 5.54 Å². The van der Waals surface area contributed by atoms with Gasteiger partial charge in [-0.3, -0.25) is 0 Å². The van der Waals surface area contributed by atoms with Crippen molar-refractivity contribution >= 4 is 0 Å². The zero-order chi connectivity index (χ0) is 11.6. The van der Waals surface area contributed by atoms with E-state index in [0.717, 1.165) is 12.8 Å². The topological polar surface area (TPSA) is 4.36 Å². The third-order valence-corrected chi connectivity index (χ3v) is 2.75. The Morgan fingerprint density at radius 1 is 1.07 bits per heavy atom. The van der Waals surface area contributed by atoms with Crippen LogP contribution in [0.25, 0.3) is 4.85 Å². The van der Waals surface area contributed by atoms with Crippen LogP contribution in [0.3, 0.4) is 0 Å². The predicted octanol–water partition coefficient (Wildman–Crippen LogP) is 4.99. The summed E-state index contributed by atoms with van der Waals surface area (Å²) in [5.74, 6) is 0. The minimum Gasteiger partial charge on any atom is -0.311 e. The van der Waals surface area contributed by atoms with Gasteiger partial charge in [-0.05, 0) is 19.3 Å². The van der Waals surface area contributed by atoms with Crippen LogP contribution in [0.1, 0.15) is 65.2 Å². The quantitative estimate of drug-likeness (QED) is 0.285. The average Bonchev–Trinajstić information content (AvgIpc) is 2.22. The lowest BCUT2D eigenvalue weighted by Crippen LogP contribution is -2.12. The molecule has 0 spiro atoms. The zero-order valence-corrected chi connectivity index (χ0v) is 10.4. The van der Waals surface area contributed by atoms with Gasteiger partial charge in [0, 0.05) is 20.3 Å².